The third kappa shape index (κ3) is 2.76. The van der Waals surface area contributed by atoms with Crippen molar-refractivity contribution in [2.75, 3.05) is 5.01 Å². The van der Waals surface area contributed by atoms with Gasteiger partial charge in [0.1, 0.15) is 5.75 Å². The summed E-state index contributed by atoms with van der Waals surface area (Å²) < 4.78 is 0. The Kier molecular flexibility index (Phi) is 3.62. The highest BCUT2D eigenvalue weighted by atomic mass is 35.5. The van der Waals surface area contributed by atoms with E-state index in [0.717, 1.165) is 0 Å². The van der Waals surface area contributed by atoms with E-state index >= 15 is 0 Å². The van der Waals surface area contributed by atoms with Crippen LogP contribution in [0.5, 0.6) is 5.75 Å². The molecule has 21 heavy (non-hydrogen) atoms. The standard InChI is InChI=1S/C16H13ClN2O2/c17-11-6-8-15(20)13(10-11)14-7-9-16(21)19(18-14)12-4-2-1-3-5-12/h1-6,8,10,20H,7,9H2. The largest absolute Gasteiger partial charge is 0.507 e. The van der Waals surface area contributed by atoms with Gasteiger partial charge in [0.25, 0.3) is 0 Å². The average molecular weight is 301 g/mol. The number of nitrogens with zero attached hydrogens (tertiary/aromatic N) is 2. The number of para-hydroxylation sites is 1. The van der Waals surface area contributed by atoms with E-state index < -0.39 is 0 Å². The van der Waals surface area contributed by atoms with E-state index in [-0.39, 0.29) is 11.7 Å². The summed E-state index contributed by atoms with van der Waals surface area (Å²) in [6.07, 6.45) is 0.829. The fourth-order valence-electron chi connectivity index (χ4n) is 2.26. The Labute approximate surface area is 127 Å². The quantitative estimate of drug-likeness (QED) is 0.921. The molecule has 1 aliphatic rings. The lowest BCUT2D eigenvalue weighted by Crippen LogP contribution is -2.31. The molecule has 5 heteroatoms. The van der Waals surface area contributed by atoms with Gasteiger partial charge in [-0.2, -0.15) is 5.10 Å². The van der Waals surface area contributed by atoms with Crippen LogP contribution in [-0.2, 0) is 4.79 Å². The van der Waals surface area contributed by atoms with E-state index in [1.54, 1.807) is 12.1 Å². The lowest BCUT2D eigenvalue weighted by molar-refractivity contribution is -0.118. The van der Waals surface area contributed by atoms with Gasteiger partial charge in [-0.1, -0.05) is 29.8 Å². The number of rotatable bonds is 2. The Balaban J connectivity index is 2.03. The van der Waals surface area contributed by atoms with Crippen molar-refractivity contribution in [3.05, 3.63) is 59.1 Å². The molecule has 106 valence electrons. The summed E-state index contributed by atoms with van der Waals surface area (Å²) in [7, 11) is 0. The van der Waals surface area contributed by atoms with Gasteiger partial charge in [-0.05, 0) is 30.3 Å². The molecule has 0 fully saturated rings. The van der Waals surface area contributed by atoms with Gasteiger partial charge in [-0.3, -0.25) is 4.79 Å². The summed E-state index contributed by atoms with van der Waals surface area (Å²) in [5.41, 5.74) is 1.93. The van der Waals surface area contributed by atoms with E-state index in [1.807, 2.05) is 30.3 Å². The van der Waals surface area contributed by atoms with Crippen LogP contribution < -0.4 is 5.01 Å². The van der Waals surface area contributed by atoms with Crippen LogP contribution in [-0.4, -0.2) is 16.7 Å². The normalized spacial score (nSPS) is 15.0. The number of anilines is 1. The molecule has 0 atom stereocenters. The molecule has 0 aromatic heterocycles. The van der Waals surface area contributed by atoms with E-state index in [9.17, 15) is 9.90 Å². The molecular weight excluding hydrogens is 288 g/mol. The number of benzene rings is 2. The molecule has 2 aromatic rings. The zero-order valence-electron chi connectivity index (χ0n) is 11.2. The highest BCUT2D eigenvalue weighted by Gasteiger charge is 2.24. The molecule has 0 saturated carbocycles. The SMILES string of the molecule is O=C1CCC(c2cc(Cl)ccc2O)=NN1c1ccccc1. The Morgan fingerprint density at radius 2 is 1.86 bits per heavy atom. The number of phenolic OH excluding ortho intramolecular Hbond substituents is 1. The topological polar surface area (TPSA) is 52.9 Å². The summed E-state index contributed by atoms with van der Waals surface area (Å²) in [4.78, 5) is 12.1. The fraction of sp³-hybridized carbons (Fsp3) is 0.125. The van der Waals surface area contributed by atoms with E-state index in [1.165, 1.54) is 11.1 Å². The van der Waals surface area contributed by atoms with Crippen molar-refractivity contribution in [3.8, 4) is 5.75 Å². The molecule has 1 amide bonds. The molecule has 0 radical (unpaired) electrons. The Bertz CT molecular complexity index is 713. The summed E-state index contributed by atoms with van der Waals surface area (Å²) >= 11 is 5.97. The molecule has 0 aliphatic carbocycles. The molecule has 1 N–H and O–H groups in total. The number of amides is 1. The number of carbonyl (C=O) groups excluding carboxylic acids is 1. The first-order valence-corrected chi connectivity index (χ1v) is 6.97. The molecule has 0 bridgehead atoms. The van der Waals surface area contributed by atoms with Gasteiger partial charge in [0.2, 0.25) is 5.91 Å². The zero-order chi connectivity index (χ0) is 14.8. The van der Waals surface area contributed by atoms with Crippen LogP contribution in [0.4, 0.5) is 5.69 Å². The minimum absolute atomic E-state index is 0.0635. The summed E-state index contributed by atoms with van der Waals surface area (Å²) in [6.45, 7) is 0. The number of phenols is 1. The molecule has 2 aromatic carbocycles. The Morgan fingerprint density at radius 1 is 1.10 bits per heavy atom. The van der Waals surface area contributed by atoms with Gasteiger partial charge in [0.15, 0.2) is 0 Å². The maximum absolute atomic E-state index is 12.1. The van der Waals surface area contributed by atoms with Crippen molar-refractivity contribution < 1.29 is 9.90 Å². The zero-order valence-corrected chi connectivity index (χ0v) is 11.9. The van der Waals surface area contributed by atoms with Crippen molar-refractivity contribution in [3.63, 3.8) is 0 Å². The Hall–Kier alpha value is -2.33. The molecule has 4 nitrogen and oxygen atoms in total. The van der Waals surface area contributed by atoms with E-state index in [0.29, 0.717) is 34.8 Å². The maximum Gasteiger partial charge on any atom is 0.247 e. The minimum atomic E-state index is -0.0635. The van der Waals surface area contributed by atoms with Crippen molar-refractivity contribution in [1.82, 2.24) is 0 Å². The monoisotopic (exact) mass is 300 g/mol. The molecule has 0 spiro atoms. The minimum Gasteiger partial charge on any atom is -0.507 e. The van der Waals surface area contributed by atoms with Gasteiger partial charge in [-0.15, -0.1) is 0 Å². The summed E-state index contributed by atoms with van der Waals surface area (Å²) in [6, 6.07) is 14.0. The van der Waals surface area contributed by atoms with E-state index in [2.05, 4.69) is 5.10 Å². The van der Waals surface area contributed by atoms with Crippen molar-refractivity contribution in [1.29, 1.82) is 0 Å². The average Bonchev–Trinajstić information content (AvgIpc) is 2.51. The Morgan fingerprint density at radius 3 is 2.62 bits per heavy atom. The predicted molar refractivity (Wildman–Crippen MR) is 82.8 cm³/mol. The number of hydrogen-bond acceptors (Lipinski definition) is 3. The molecule has 3 rings (SSSR count). The second kappa shape index (κ2) is 5.58. The first-order valence-electron chi connectivity index (χ1n) is 6.59. The van der Waals surface area contributed by atoms with Crippen molar-refractivity contribution in [2.45, 2.75) is 12.8 Å². The first kappa shape index (κ1) is 13.6. The van der Waals surface area contributed by atoms with Crippen LogP contribution in [0.25, 0.3) is 0 Å². The number of hydrazone groups is 1. The highest BCUT2D eigenvalue weighted by molar-refractivity contribution is 6.31. The summed E-state index contributed by atoms with van der Waals surface area (Å²) in [5, 5.41) is 16.3. The van der Waals surface area contributed by atoms with Gasteiger partial charge < -0.3 is 5.11 Å². The highest BCUT2D eigenvalue weighted by Crippen LogP contribution is 2.27. The summed E-state index contributed by atoms with van der Waals surface area (Å²) in [5.74, 6) is 0.0481. The second-order valence-electron chi connectivity index (χ2n) is 4.75. The van der Waals surface area contributed by atoms with Crippen LogP contribution in [0.3, 0.4) is 0 Å². The lowest BCUT2D eigenvalue weighted by atomic mass is 10.0. The second-order valence-corrected chi connectivity index (χ2v) is 5.19. The smallest absolute Gasteiger partial charge is 0.247 e. The van der Waals surface area contributed by atoms with Gasteiger partial charge in [-0.25, -0.2) is 5.01 Å². The number of carbonyl (C=O) groups is 1. The number of aromatic hydroxyl groups is 1. The molecule has 0 saturated heterocycles. The van der Waals surface area contributed by atoms with Gasteiger partial charge in [0, 0.05) is 23.4 Å². The van der Waals surface area contributed by atoms with E-state index in [4.69, 9.17) is 11.6 Å². The third-order valence-corrected chi connectivity index (χ3v) is 3.54. The molecule has 0 unspecified atom stereocenters. The van der Waals surface area contributed by atoms with Gasteiger partial charge in [0.05, 0.1) is 11.4 Å². The van der Waals surface area contributed by atoms with Crippen molar-refractivity contribution >= 4 is 28.9 Å². The van der Waals surface area contributed by atoms with Gasteiger partial charge >= 0.3 is 0 Å². The lowest BCUT2D eigenvalue weighted by Gasteiger charge is -2.24. The first-order chi connectivity index (χ1) is 10.1. The number of hydrogen-bond donors (Lipinski definition) is 1. The van der Waals surface area contributed by atoms with Crippen LogP contribution in [0.15, 0.2) is 53.6 Å². The predicted octanol–water partition coefficient (Wildman–Crippen LogP) is 3.58. The van der Waals surface area contributed by atoms with Crippen LogP contribution in [0.1, 0.15) is 18.4 Å². The third-order valence-electron chi connectivity index (χ3n) is 3.30. The van der Waals surface area contributed by atoms with Crippen LogP contribution in [0.2, 0.25) is 5.02 Å². The fourth-order valence-corrected chi connectivity index (χ4v) is 2.43. The number of halogens is 1. The maximum atomic E-state index is 12.1. The molecule has 1 aliphatic heterocycles. The molecule has 1 heterocycles. The molecular formula is C16H13ClN2O2. The van der Waals surface area contributed by atoms with Crippen LogP contribution in [0, 0.1) is 0 Å². The van der Waals surface area contributed by atoms with Crippen LogP contribution >= 0.6 is 11.6 Å². The van der Waals surface area contributed by atoms with Crippen molar-refractivity contribution in [2.24, 2.45) is 5.10 Å².